The van der Waals surface area contributed by atoms with Gasteiger partial charge < -0.3 is 4.90 Å². The Balaban J connectivity index is 1.80. The minimum absolute atomic E-state index is 0.361. The number of hydrogen-bond acceptors (Lipinski definition) is 4. The van der Waals surface area contributed by atoms with Crippen LogP contribution < -0.4 is 0 Å². The Hall–Kier alpha value is -1.93. The molecule has 1 aromatic carbocycles. The Labute approximate surface area is 145 Å². The van der Waals surface area contributed by atoms with Gasteiger partial charge in [-0.05, 0) is 31.7 Å². The summed E-state index contributed by atoms with van der Waals surface area (Å²) in [6.07, 6.45) is -2.90. The SMILES string of the molecule is CCN1CCN(Cc2nncn2-c2cccc(C(F)(F)F)c2)C(C)C1. The fourth-order valence-electron chi connectivity index (χ4n) is 3.19. The van der Waals surface area contributed by atoms with Crippen molar-refractivity contribution in [3.63, 3.8) is 0 Å². The smallest absolute Gasteiger partial charge is 0.301 e. The average molecular weight is 353 g/mol. The highest BCUT2D eigenvalue weighted by atomic mass is 19.4. The molecule has 8 heteroatoms. The van der Waals surface area contributed by atoms with Crippen LogP contribution in [0.2, 0.25) is 0 Å². The van der Waals surface area contributed by atoms with Crippen molar-refractivity contribution < 1.29 is 13.2 Å². The van der Waals surface area contributed by atoms with E-state index < -0.39 is 11.7 Å². The van der Waals surface area contributed by atoms with E-state index in [4.69, 9.17) is 0 Å². The first-order chi connectivity index (χ1) is 11.9. The number of benzene rings is 1. The maximum atomic E-state index is 13.0. The first-order valence-corrected chi connectivity index (χ1v) is 8.41. The topological polar surface area (TPSA) is 37.2 Å². The molecular formula is C17H22F3N5. The lowest BCUT2D eigenvalue weighted by Crippen LogP contribution is -2.51. The summed E-state index contributed by atoms with van der Waals surface area (Å²) in [5, 5.41) is 8.04. The highest BCUT2D eigenvalue weighted by molar-refractivity contribution is 5.37. The molecule has 136 valence electrons. The first-order valence-electron chi connectivity index (χ1n) is 8.41. The molecule has 1 fully saturated rings. The monoisotopic (exact) mass is 353 g/mol. The van der Waals surface area contributed by atoms with Crippen molar-refractivity contribution in [1.29, 1.82) is 0 Å². The average Bonchev–Trinajstić information content (AvgIpc) is 3.04. The van der Waals surface area contributed by atoms with Gasteiger partial charge in [0.2, 0.25) is 0 Å². The summed E-state index contributed by atoms with van der Waals surface area (Å²) in [5.74, 6) is 0.649. The van der Waals surface area contributed by atoms with Crippen molar-refractivity contribution in [2.75, 3.05) is 26.2 Å². The second kappa shape index (κ2) is 7.13. The molecule has 2 aromatic rings. The second-order valence-corrected chi connectivity index (χ2v) is 6.38. The van der Waals surface area contributed by atoms with Gasteiger partial charge in [-0.15, -0.1) is 10.2 Å². The number of rotatable bonds is 4. The third-order valence-corrected chi connectivity index (χ3v) is 4.71. The molecule has 2 heterocycles. The largest absolute Gasteiger partial charge is 0.416 e. The van der Waals surface area contributed by atoms with Crippen molar-refractivity contribution in [1.82, 2.24) is 24.6 Å². The highest BCUT2D eigenvalue weighted by Gasteiger charge is 2.31. The van der Waals surface area contributed by atoms with E-state index in [9.17, 15) is 13.2 Å². The summed E-state index contributed by atoms with van der Waals surface area (Å²) in [7, 11) is 0. The van der Waals surface area contributed by atoms with Crippen LogP contribution in [0.5, 0.6) is 0 Å². The lowest BCUT2D eigenvalue weighted by Gasteiger charge is -2.39. The van der Waals surface area contributed by atoms with Crippen molar-refractivity contribution in [2.45, 2.75) is 32.6 Å². The molecule has 5 nitrogen and oxygen atoms in total. The Morgan fingerprint density at radius 1 is 1.24 bits per heavy atom. The van der Waals surface area contributed by atoms with Crippen molar-refractivity contribution in [3.05, 3.63) is 42.0 Å². The van der Waals surface area contributed by atoms with Crippen molar-refractivity contribution in [2.24, 2.45) is 0 Å². The van der Waals surface area contributed by atoms with Crippen LogP contribution in [0.15, 0.2) is 30.6 Å². The molecule has 0 bridgehead atoms. The molecule has 1 saturated heterocycles. The number of aromatic nitrogens is 3. The molecule has 0 spiro atoms. The van der Waals surface area contributed by atoms with Crippen LogP contribution in [0.25, 0.3) is 5.69 Å². The molecule has 0 aliphatic carbocycles. The molecule has 25 heavy (non-hydrogen) atoms. The van der Waals surface area contributed by atoms with Crippen LogP contribution in [-0.2, 0) is 12.7 Å². The van der Waals surface area contributed by atoms with Gasteiger partial charge >= 0.3 is 6.18 Å². The van der Waals surface area contributed by atoms with E-state index in [0.29, 0.717) is 24.1 Å². The van der Waals surface area contributed by atoms with Crippen LogP contribution in [-0.4, -0.2) is 56.8 Å². The van der Waals surface area contributed by atoms with E-state index in [-0.39, 0.29) is 0 Å². The van der Waals surface area contributed by atoms with Gasteiger partial charge in [0.15, 0.2) is 5.82 Å². The summed E-state index contributed by atoms with van der Waals surface area (Å²) in [4.78, 5) is 4.68. The zero-order valence-corrected chi connectivity index (χ0v) is 14.4. The van der Waals surface area contributed by atoms with E-state index in [1.54, 1.807) is 10.6 Å². The predicted octanol–water partition coefficient (Wildman–Crippen LogP) is 2.81. The lowest BCUT2D eigenvalue weighted by atomic mass is 10.2. The highest BCUT2D eigenvalue weighted by Crippen LogP contribution is 2.30. The quantitative estimate of drug-likeness (QED) is 0.847. The number of nitrogens with zero attached hydrogens (tertiary/aromatic N) is 5. The van der Waals surface area contributed by atoms with E-state index in [2.05, 4.69) is 33.8 Å². The molecule has 1 aliphatic heterocycles. The standard InChI is InChI=1S/C17H22F3N5/c1-3-23-7-8-24(13(2)10-23)11-16-22-21-12-25(16)15-6-4-5-14(9-15)17(18,19)20/h4-6,9,12-13H,3,7-8,10-11H2,1-2H3. The van der Waals surface area contributed by atoms with Gasteiger partial charge in [0.25, 0.3) is 0 Å². The maximum Gasteiger partial charge on any atom is 0.416 e. The predicted molar refractivity (Wildman–Crippen MR) is 88.3 cm³/mol. The number of likely N-dealkylation sites (N-methyl/N-ethyl adjacent to an activating group) is 1. The van der Waals surface area contributed by atoms with E-state index in [1.165, 1.54) is 12.4 Å². The molecule has 0 amide bonds. The summed E-state index contributed by atoms with van der Waals surface area (Å²) >= 11 is 0. The summed E-state index contributed by atoms with van der Waals surface area (Å²) < 4.78 is 40.5. The van der Waals surface area contributed by atoms with Gasteiger partial charge in [-0.1, -0.05) is 13.0 Å². The Morgan fingerprint density at radius 2 is 2.04 bits per heavy atom. The summed E-state index contributed by atoms with van der Waals surface area (Å²) in [6.45, 7) is 8.77. The Bertz CT molecular complexity index is 712. The van der Waals surface area contributed by atoms with Gasteiger partial charge in [0, 0.05) is 31.4 Å². The summed E-state index contributed by atoms with van der Waals surface area (Å²) in [6, 6.07) is 5.61. The van der Waals surface area contributed by atoms with Gasteiger partial charge in [0.05, 0.1) is 12.1 Å². The fraction of sp³-hybridized carbons (Fsp3) is 0.529. The molecule has 0 radical (unpaired) electrons. The molecule has 1 atom stereocenters. The first kappa shape index (κ1) is 17.9. The normalized spacial score (nSPS) is 20.1. The molecule has 0 saturated carbocycles. The van der Waals surface area contributed by atoms with Gasteiger partial charge in [-0.2, -0.15) is 13.2 Å². The zero-order valence-electron chi connectivity index (χ0n) is 14.4. The number of hydrogen-bond donors (Lipinski definition) is 0. The van der Waals surface area contributed by atoms with E-state index in [1.807, 2.05) is 0 Å². The van der Waals surface area contributed by atoms with Crippen molar-refractivity contribution in [3.8, 4) is 5.69 Å². The molecular weight excluding hydrogens is 331 g/mol. The third kappa shape index (κ3) is 4.01. The van der Waals surface area contributed by atoms with Crippen LogP contribution in [0.4, 0.5) is 13.2 Å². The Kier molecular flexibility index (Phi) is 5.10. The van der Waals surface area contributed by atoms with Gasteiger partial charge in [0.1, 0.15) is 6.33 Å². The van der Waals surface area contributed by atoms with Gasteiger partial charge in [-0.25, -0.2) is 0 Å². The van der Waals surface area contributed by atoms with Crippen molar-refractivity contribution >= 4 is 0 Å². The molecule has 1 aromatic heterocycles. The minimum atomic E-state index is -4.37. The number of piperazine rings is 1. The second-order valence-electron chi connectivity index (χ2n) is 6.38. The van der Waals surface area contributed by atoms with Crippen LogP contribution in [0.3, 0.4) is 0 Å². The lowest BCUT2D eigenvalue weighted by molar-refractivity contribution is -0.137. The third-order valence-electron chi connectivity index (χ3n) is 4.71. The van der Waals surface area contributed by atoms with E-state index in [0.717, 1.165) is 38.3 Å². The molecule has 3 rings (SSSR count). The molecule has 1 aliphatic rings. The van der Waals surface area contributed by atoms with Crippen LogP contribution >= 0.6 is 0 Å². The van der Waals surface area contributed by atoms with Crippen LogP contribution in [0, 0.1) is 0 Å². The summed E-state index contributed by atoms with van der Waals surface area (Å²) in [5.41, 5.74) is -0.246. The number of halogens is 3. The maximum absolute atomic E-state index is 13.0. The van der Waals surface area contributed by atoms with Crippen LogP contribution in [0.1, 0.15) is 25.2 Å². The molecule has 1 unspecified atom stereocenters. The Morgan fingerprint density at radius 3 is 2.72 bits per heavy atom. The minimum Gasteiger partial charge on any atom is -0.301 e. The van der Waals surface area contributed by atoms with Gasteiger partial charge in [-0.3, -0.25) is 9.47 Å². The zero-order chi connectivity index (χ0) is 18.0. The molecule has 0 N–H and O–H groups in total. The number of alkyl halides is 3. The van der Waals surface area contributed by atoms with E-state index >= 15 is 0 Å². The fourth-order valence-corrected chi connectivity index (χ4v) is 3.19.